The Morgan fingerprint density at radius 2 is 1.90 bits per heavy atom. The van der Waals surface area contributed by atoms with E-state index in [9.17, 15) is 14.4 Å². The van der Waals surface area contributed by atoms with Gasteiger partial charge in [-0.1, -0.05) is 69.2 Å². The van der Waals surface area contributed by atoms with Crippen LogP contribution < -0.4 is 15.4 Å². The van der Waals surface area contributed by atoms with Gasteiger partial charge in [-0.15, -0.1) is 0 Å². The number of aryl methyl sites for hydroxylation is 1. The summed E-state index contributed by atoms with van der Waals surface area (Å²) in [6.45, 7) is 6.55. The smallest absolute Gasteiger partial charge is 0.246 e. The lowest BCUT2D eigenvalue weighted by atomic mass is 9.73. The van der Waals surface area contributed by atoms with E-state index in [1.54, 1.807) is 12.0 Å². The lowest BCUT2D eigenvalue weighted by Crippen LogP contribution is -2.57. The number of likely N-dealkylation sites (tertiary alicyclic amines) is 1. The van der Waals surface area contributed by atoms with Crippen molar-refractivity contribution in [1.82, 2.24) is 10.2 Å². The number of benzene rings is 2. The van der Waals surface area contributed by atoms with Crippen LogP contribution in [-0.2, 0) is 25.7 Å². The lowest BCUT2D eigenvalue weighted by Gasteiger charge is -2.38. The summed E-state index contributed by atoms with van der Waals surface area (Å²) in [5.74, 6) is -0.858. The van der Waals surface area contributed by atoms with Gasteiger partial charge in [0.05, 0.1) is 31.6 Å². The van der Waals surface area contributed by atoms with Gasteiger partial charge < -0.3 is 25.0 Å². The third kappa shape index (κ3) is 4.62. The molecule has 216 valence electrons. The molecule has 2 aromatic carbocycles. The molecule has 2 bridgehead atoms. The molecule has 3 aliphatic heterocycles. The molecular formula is C33H39N3O5. The number of fused-ring (bicyclic) bond motifs is 1. The molecular weight excluding hydrogens is 518 g/mol. The number of nitrogens with zero attached hydrogens (tertiary/aromatic N) is 1. The number of amides is 3. The molecule has 3 fully saturated rings. The number of ether oxygens (including phenoxy) is 2. The lowest BCUT2D eigenvalue weighted by molar-refractivity contribution is -0.142. The summed E-state index contributed by atoms with van der Waals surface area (Å²) in [7, 11) is 1.59. The van der Waals surface area contributed by atoms with Crippen molar-refractivity contribution in [2.24, 2.45) is 23.7 Å². The van der Waals surface area contributed by atoms with Gasteiger partial charge in [0.1, 0.15) is 17.4 Å². The van der Waals surface area contributed by atoms with Crippen LogP contribution in [0.3, 0.4) is 0 Å². The second kappa shape index (κ2) is 10.6. The van der Waals surface area contributed by atoms with Crippen LogP contribution in [0.4, 0.5) is 5.69 Å². The highest BCUT2D eigenvalue weighted by molar-refractivity contribution is 6.02. The number of carbonyl (C=O) groups excluding carboxylic acids is 3. The van der Waals surface area contributed by atoms with Crippen LogP contribution in [0, 0.1) is 30.6 Å². The number of methoxy groups -OCH3 is 1. The van der Waals surface area contributed by atoms with Gasteiger partial charge in [0.15, 0.2) is 0 Å². The predicted molar refractivity (Wildman–Crippen MR) is 155 cm³/mol. The predicted octanol–water partition coefficient (Wildman–Crippen LogP) is 4.23. The van der Waals surface area contributed by atoms with Crippen LogP contribution in [0.1, 0.15) is 44.2 Å². The van der Waals surface area contributed by atoms with Crippen LogP contribution in [0.15, 0.2) is 60.7 Å². The van der Waals surface area contributed by atoms with Gasteiger partial charge in [-0.05, 0) is 48.9 Å². The first kappa shape index (κ1) is 27.5. The number of hydrogen-bond acceptors (Lipinski definition) is 5. The first-order chi connectivity index (χ1) is 19.7. The first-order valence-corrected chi connectivity index (χ1v) is 14.7. The SMILES string of the molecule is COc1ccccc1CN1C(=O)[C@@H]2[C@H](C(=O)Nc3cccc(C)c3)[C@@H]3C=C[C@@]2(O3)[C@@H]1C(=O)N[C@@H]1CCC[C@@H](C)[C@H]1C. The minimum absolute atomic E-state index is 0.0212. The van der Waals surface area contributed by atoms with Crippen LogP contribution >= 0.6 is 0 Å². The summed E-state index contributed by atoms with van der Waals surface area (Å²) in [6, 6.07) is 14.2. The zero-order valence-corrected chi connectivity index (χ0v) is 24.1. The Morgan fingerprint density at radius 3 is 2.68 bits per heavy atom. The van der Waals surface area contributed by atoms with Crippen molar-refractivity contribution in [2.45, 2.75) is 70.4 Å². The average molecular weight is 558 g/mol. The Labute approximate surface area is 241 Å². The van der Waals surface area contributed by atoms with E-state index in [0.717, 1.165) is 30.4 Å². The fourth-order valence-corrected chi connectivity index (χ4v) is 7.45. The number of nitrogens with one attached hydrogen (secondary N) is 2. The maximum atomic E-state index is 14.3. The summed E-state index contributed by atoms with van der Waals surface area (Å²) in [5.41, 5.74) is 1.26. The Hall–Kier alpha value is -3.65. The molecule has 2 N–H and O–H groups in total. The van der Waals surface area contributed by atoms with E-state index in [1.807, 2.05) is 67.6 Å². The molecule has 1 saturated carbocycles. The number of carbonyl (C=O) groups is 3. The molecule has 8 nitrogen and oxygen atoms in total. The summed E-state index contributed by atoms with van der Waals surface area (Å²) in [5, 5.41) is 6.31. The highest BCUT2D eigenvalue weighted by Crippen LogP contribution is 2.55. The molecule has 0 unspecified atom stereocenters. The number of anilines is 1. The monoisotopic (exact) mass is 557 g/mol. The minimum atomic E-state index is -1.22. The second-order valence-corrected chi connectivity index (χ2v) is 12.2. The maximum absolute atomic E-state index is 14.3. The van der Waals surface area contributed by atoms with E-state index in [0.29, 0.717) is 23.3 Å². The van der Waals surface area contributed by atoms with Crippen LogP contribution in [0.25, 0.3) is 0 Å². The largest absolute Gasteiger partial charge is 0.496 e. The molecule has 6 rings (SSSR count). The van der Waals surface area contributed by atoms with Gasteiger partial charge in [-0.2, -0.15) is 0 Å². The first-order valence-electron chi connectivity index (χ1n) is 14.7. The van der Waals surface area contributed by atoms with E-state index in [-0.39, 0.29) is 30.3 Å². The second-order valence-electron chi connectivity index (χ2n) is 12.2. The van der Waals surface area contributed by atoms with Crippen molar-refractivity contribution in [1.29, 1.82) is 0 Å². The molecule has 8 atom stereocenters. The van der Waals surface area contributed by atoms with Gasteiger partial charge in [0.25, 0.3) is 0 Å². The van der Waals surface area contributed by atoms with Gasteiger partial charge in [-0.25, -0.2) is 0 Å². The van der Waals surface area contributed by atoms with Crippen LogP contribution in [-0.4, -0.2) is 53.5 Å². The van der Waals surface area contributed by atoms with Gasteiger partial charge in [0.2, 0.25) is 17.7 Å². The summed E-state index contributed by atoms with van der Waals surface area (Å²) in [4.78, 5) is 43.9. The molecule has 2 saturated heterocycles. The number of rotatable bonds is 7. The van der Waals surface area contributed by atoms with E-state index in [4.69, 9.17) is 9.47 Å². The van der Waals surface area contributed by atoms with E-state index in [2.05, 4.69) is 24.5 Å². The zero-order valence-electron chi connectivity index (χ0n) is 24.1. The quantitative estimate of drug-likeness (QED) is 0.497. The fourth-order valence-electron chi connectivity index (χ4n) is 7.45. The molecule has 0 radical (unpaired) electrons. The molecule has 2 aromatic rings. The highest BCUT2D eigenvalue weighted by atomic mass is 16.5. The van der Waals surface area contributed by atoms with Gasteiger partial charge >= 0.3 is 0 Å². The Bertz CT molecular complexity index is 1390. The molecule has 0 aromatic heterocycles. The van der Waals surface area contributed by atoms with Crippen molar-refractivity contribution in [3.63, 3.8) is 0 Å². The van der Waals surface area contributed by atoms with Crippen LogP contribution in [0.2, 0.25) is 0 Å². The highest BCUT2D eigenvalue weighted by Gasteiger charge is 2.72. The summed E-state index contributed by atoms with van der Waals surface area (Å²) < 4.78 is 12.1. The Kier molecular flexibility index (Phi) is 7.14. The third-order valence-corrected chi connectivity index (χ3v) is 9.78. The van der Waals surface area contributed by atoms with Gasteiger partial charge in [0, 0.05) is 17.3 Å². The van der Waals surface area contributed by atoms with Crippen molar-refractivity contribution in [3.05, 3.63) is 71.8 Å². The van der Waals surface area contributed by atoms with E-state index < -0.39 is 29.6 Å². The Morgan fingerprint density at radius 1 is 1.10 bits per heavy atom. The Balaban J connectivity index is 1.35. The summed E-state index contributed by atoms with van der Waals surface area (Å²) in [6.07, 6.45) is 6.23. The average Bonchev–Trinajstić information content (AvgIpc) is 3.59. The molecule has 3 amide bonds. The molecule has 8 heteroatoms. The van der Waals surface area contributed by atoms with Crippen molar-refractivity contribution in [3.8, 4) is 5.75 Å². The number of para-hydroxylation sites is 1. The minimum Gasteiger partial charge on any atom is -0.496 e. The maximum Gasteiger partial charge on any atom is 0.246 e. The molecule has 3 heterocycles. The fraction of sp³-hybridized carbons (Fsp3) is 0.485. The molecule has 4 aliphatic rings. The van der Waals surface area contributed by atoms with E-state index >= 15 is 0 Å². The molecule has 41 heavy (non-hydrogen) atoms. The van der Waals surface area contributed by atoms with Crippen molar-refractivity contribution < 1.29 is 23.9 Å². The normalized spacial score (nSPS) is 33.5. The summed E-state index contributed by atoms with van der Waals surface area (Å²) >= 11 is 0. The van der Waals surface area contributed by atoms with Gasteiger partial charge in [-0.3, -0.25) is 14.4 Å². The zero-order chi connectivity index (χ0) is 28.9. The van der Waals surface area contributed by atoms with Crippen molar-refractivity contribution in [2.75, 3.05) is 12.4 Å². The molecule has 1 aliphatic carbocycles. The molecule has 1 spiro atoms. The number of hydrogen-bond donors (Lipinski definition) is 2. The standard InChI is InChI=1S/C33H39N3O5/c1-19-9-7-12-23(17-19)34-30(37)27-26-15-16-33(41-26)28(27)32(39)36(18-22-11-5-6-14-25(22)40-4)29(33)31(38)35-24-13-8-10-20(2)21(24)3/h5-7,9,11-12,14-17,20-21,24,26-29H,8,10,13,18H2,1-4H3,(H,34,37)(H,35,38)/t20-,21-,24-,26+,27-,28+,29+,33+/m1/s1. The van der Waals surface area contributed by atoms with Crippen LogP contribution in [0.5, 0.6) is 5.75 Å². The topological polar surface area (TPSA) is 97.0 Å². The van der Waals surface area contributed by atoms with Crippen molar-refractivity contribution >= 4 is 23.4 Å². The third-order valence-electron chi connectivity index (χ3n) is 9.78. The van der Waals surface area contributed by atoms with E-state index in [1.165, 1.54) is 0 Å².